The lowest BCUT2D eigenvalue weighted by Gasteiger charge is -2.37. The molecule has 1 rings (SSSR count). The van der Waals surface area contributed by atoms with Crippen LogP contribution in [0.1, 0.15) is 39.7 Å². The Morgan fingerprint density at radius 1 is 1.24 bits per heavy atom. The molecule has 0 bridgehead atoms. The van der Waals surface area contributed by atoms with Crippen LogP contribution in [-0.2, 0) is 5.54 Å². The molecule has 21 heavy (non-hydrogen) atoms. The molecule has 0 aliphatic carbocycles. The third-order valence-corrected chi connectivity index (χ3v) is 4.64. The number of nitrogens with zero attached hydrogens (tertiary/aromatic N) is 2. The summed E-state index contributed by atoms with van der Waals surface area (Å²) in [4.78, 5) is 2.34. The Balaban J connectivity index is 2.85. The van der Waals surface area contributed by atoms with Gasteiger partial charge < -0.3 is 4.90 Å². The maximum absolute atomic E-state index is 9.71. The molecule has 3 nitrogen and oxygen atoms in total. The molecule has 0 aliphatic heterocycles. The summed E-state index contributed by atoms with van der Waals surface area (Å²) in [7, 11) is 4.00. The van der Waals surface area contributed by atoms with E-state index in [0.29, 0.717) is 6.04 Å². The lowest BCUT2D eigenvalue weighted by molar-refractivity contribution is 0.132. The van der Waals surface area contributed by atoms with Crippen molar-refractivity contribution >= 4 is 0 Å². The van der Waals surface area contributed by atoms with Gasteiger partial charge in [0.15, 0.2) is 0 Å². The first-order valence-corrected chi connectivity index (χ1v) is 7.63. The van der Waals surface area contributed by atoms with Crippen LogP contribution in [0.4, 0.5) is 0 Å². The minimum Gasteiger partial charge on any atom is -0.303 e. The van der Waals surface area contributed by atoms with E-state index in [1.165, 1.54) is 0 Å². The quantitative estimate of drug-likeness (QED) is 0.872. The number of hydrogen-bond donors (Lipinski definition) is 1. The van der Waals surface area contributed by atoms with E-state index in [-0.39, 0.29) is 5.41 Å². The second-order valence-corrected chi connectivity index (χ2v) is 6.91. The molecule has 0 radical (unpaired) electrons. The van der Waals surface area contributed by atoms with E-state index in [9.17, 15) is 5.26 Å². The van der Waals surface area contributed by atoms with Gasteiger partial charge in [-0.25, -0.2) is 0 Å². The molecule has 0 spiro atoms. The van der Waals surface area contributed by atoms with E-state index in [2.05, 4.69) is 51.0 Å². The predicted molar refractivity (Wildman–Crippen MR) is 89.0 cm³/mol. The molecule has 3 heteroatoms. The van der Waals surface area contributed by atoms with Gasteiger partial charge in [-0.2, -0.15) is 5.26 Å². The van der Waals surface area contributed by atoms with E-state index < -0.39 is 5.54 Å². The molecule has 0 heterocycles. The second kappa shape index (κ2) is 7.06. The first kappa shape index (κ1) is 17.7. The average molecular weight is 287 g/mol. The van der Waals surface area contributed by atoms with Crippen molar-refractivity contribution in [2.24, 2.45) is 5.41 Å². The van der Waals surface area contributed by atoms with Gasteiger partial charge >= 0.3 is 0 Å². The van der Waals surface area contributed by atoms with Crippen LogP contribution in [0, 0.1) is 16.7 Å². The lowest BCUT2D eigenvalue weighted by Crippen LogP contribution is -2.45. The number of hydrogen-bond acceptors (Lipinski definition) is 3. The van der Waals surface area contributed by atoms with Crippen LogP contribution >= 0.6 is 0 Å². The Morgan fingerprint density at radius 2 is 1.81 bits per heavy atom. The highest BCUT2D eigenvalue weighted by molar-refractivity contribution is 5.31. The van der Waals surface area contributed by atoms with Crippen molar-refractivity contribution in [1.29, 1.82) is 5.26 Å². The number of rotatable bonds is 6. The van der Waals surface area contributed by atoms with Crippen molar-refractivity contribution in [3.05, 3.63) is 35.9 Å². The molecule has 0 amide bonds. The molecule has 2 atom stereocenters. The Bertz CT molecular complexity index is 469. The van der Waals surface area contributed by atoms with Crippen molar-refractivity contribution in [3.8, 4) is 6.07 Å². The fourth-order valence-corrected chi connectivity index (χ4v) is 2.51. The molecule has 0 aromatic heterocycles. The van der Waals surface area contributed by atoms with E-state index in [0.717, 1.165) is 18.5 Å². The molecule has 1 aromatic rings. The molecular formula is C18H29N3. The Kier molecular flexibility index (Phi) is 5.95. The number of benzene rings is 1. The van der Waals surface area contributed by atoms with Crippen LogP contribution in [0.3, 0.4) is 0 Å². The van der Waals surface area contributed by atoms with Gasteiger partial charge in [0.2, 0.25) is 0 Å². The molecule has 0 saturated heterocycles. The molecule has 0 aliphatic rings. The van der Waals surface area contributed by atoms with Crippen LogP contribution in [0.15, 0.2) is 30.3 Å². The fraction of sp³-hybridized carbons (Fsp3) is 0.611. The van der Waals surface area contributed by atoms with Crippen molar-refractivity contribution in [2.45, 2.75) is 45.7 Å². The molecular weight excluding hydrogens is 258 g/mol. The lowest BCUT2D eigenvalue weighted by atomic mass is 9.85. The van der Waals surface area contributed by atoms with Crippen LogP contribution in [-0.4, -0.2) is 31.6 Å². The Morgan fingerprint density at radius 3 is 2.24 bits per heavy atom. The highest BCUT2D eigenvalue weighted by atomic mass is 15.1. The van der Waals surface area contributed by atoms with Gasteiger partial charge in [0, 0.05) is 12.6 Å². The van der Waals surface area contributed by atoms with E-state index >= 15 is 0 Å². The normalized spacial score (nSPS) is 16.3. The minimum atomic E-state index is -0.618. The van der Waals surface area contributed by atoms with Crippen molar-refractivity contribution < 1.29 is 0 Å². The smallest absolute Gasteiger partial charge is 0.133 e. The number of nitriles is 1. The first-order chi connectivity index (χ1) is 9.77. The molecule has 1 aromatic carbocycles. The number of nitrogens with one attached hydrogen (secondary N) is 1. The van der Waals surface area contributed by atoms with Crippen molar-refractivity contribution in [2.75, 3.05) is 20.6 Å². The third kappa shape index (κ3) is 4.30. The summed E-state index contributed by atoms with van der Waals surface area (Å²) in [5, 5.41) is 12.9. The van der Waals surface area contributed by atoms with E-state index in [4.69, 9.17) is 0 Å². The molecule has 1 N–H and O–H groups in total. The minimum absolute atomic E-state index is 0.233. The van der Waals surface area contributed by atoms with E-state index in [1.54, 1.807) is 0 Å². The largest absolute Gasteiger partial charge is 0.303 e. The summed E-state index contributed by atoms with van der Waals surface area (Å²) in [5.74, 6) is 0. The van der Waals surface area contributed by atoms with Crippen LogP contribution < -0.4 is 5.32 Å². The van der Waals surface area contributed by atoms with Gasteiger partial charge in [-0.1, -0.05) is 51.1 Å². The predicted octanol–water partition coefficient (Wildman–Crippen LogP) is 3.38. The van der Waals surface area contributed by atoms with Crippen LogP contribution in [0.5, 0.6) is 0 Å². The SMILES string of the molecule is CNC(C#N)(CCN(C)C(C)C(C)(C)C)c1ccccc1. The average Bonchev–Trinajstić information content (AvgIpc) is 2.48. The standard InChI is InChI=1S/C18H29N3/c1-15(17(2,3)4)21(6)13-12-18(14-19,20-5)16-10-8-7-9-11-16/h7-11,15,20H,12-13H2,1-6H3. The summed E-state index contributed by atoms with van der Waals surface area (Å²) in [5.41, 5.74) is 0.649. The molecule has 0 fully saturated rings. The van der Waals surface area contributed by atoms with Gasteiger partial charge in [0.1, 0.15) is 5.54 Å². The summed E-state index contributed by atoms with van der Waals surface area (Å²) in [6.07, 6.45) is 0.765. The third-order valence-electron chi connectivity index (χ3n) is 4.64. The van der Waals surface area contributed by atoms with E-state index in [1.807, 2.05) is 37.4 Å². The zero-order chi connectivity index (χ0) is 16.1. The highest BCUT2D eigenvalue weighted by Crippen LogP contribution is 2.27. The second-order valence-electron chi connectivity index (χ2n) is 6.91. The zero-order valence-corrected chi connectivity index (χ0v) is 14.3. The fourth-order valence-electron chi connectivity index (χ4n) is 2.51. The summed E-state index contributed by atoms with van der Waals surface area (Å²) in [6, 6.07) is 12.9. The van der Waals surface area contributed by atoms with Gasteiger partial charge in [-0.05, 0) is 38.4 Å². The van der Waals surface area contributed by atoms with Crippen LogP contribution in [0.2, 0.25) is 0 Å². The zero-order valence-electron chi connectivity index (χ0n) is 14.3. The van der Waals surface area contributed by atoms with Crippen molar-refractivity contribution in [3.63, 3.8) is 0 Å². The molecule has 0 saturated carbocycles. The Labute approximate surface area is 130 Å². The van der Waals surface area contributed by atoms with Crippen molar-refractivity contribution in [1.82, 2.24) is 10.2 Å². The first-order valence-electron chi connectivity index (χ1n) is 7.63. The molecule has 2 unspecified atom stereocenters. The van der Waals surface area contributed by atoms with Gasteiger partial charge in [0.25, 0.3) is 0 Å². The monoisotopic (exact) mass is 287 g/mol. The van der Waals surface area contributed by atoms with Gasteiger partial charge in [0.05, 0.1) is 6.07 Å². The summed E-state index contributed by atoms with van der Waals surface area (Å²) in [6.45, 7) is 9.88. The Hall–Kier alpha value is -1.37. The highest BCUT2D eigenvalue weighted by Gasteiger charge is 2.32. The maximum atomic E-state index is 9.71. The topological polar surface area (TPSA) is 39.1 Å². The summed E-state index contributed by atoms with van der Waals surface area (Å²) >= 11 is 0. The van der Waals surface area contributed by atoms with Gasteiger partial charge in [-0.15, -0.1) is 0 Å². The van der Waals surface area contributed by atoms with Crippen LogP contribution in [0.25, 0.3) is 0 Å². The maximum Gasteiger partial charge on any atom is 0.133 e. The summed E-state index contributed by atoms with van der Waals surface area (Å²) < 4.78 is 0. The molecule has 116 valence electrons. The van der Waals surface area contributed by atoms with Gasteiger partial charge in [-0.3, -0.25) is 5.32 Å².